The molecule has 0 saturated carbocycles. The maximum absolute atomic E-state index is 12.5. The van der Waals surface area contributed by atoms with E-state index in [2.05, 4.69) is 15.5 Å². The molecule has 3 aromatic rings. The lowest BCUT2D eigenvalue weighted by Gasteiger charge is -2.34. The van der Waals surface area contributed by atoms with Gasteiger partial charge in [0.05, 0.1) is 11.4 Å². The molecule has 28 heavy (non-hydrogen) atoms. The number of carboxylic acids is 1. The molecule has 2 unspecified atom stereocenters. The first kappa shape index (κ1) is 18.0. The standard InChI is InChI=1S/C20H20N4O4/c1-12-7-15(19(25)26)11-24(10-12)20(27)22-18-9-17(28-23-18)14-4-5-16-13(8-14)3-2-6-21-16/h2-6,8-9,12,15H,7,10-11H2,1H3,(H,25,26)(H,22,23,27). The van der Waals surface area contributed by atoms with Crippen molar-refractivity contribution in [2.24, 2.45) is 11.8 Å². The maximum Gasteiger partial charge on any atom is 0.323 e. The molecule has 1 aromatic carbocycles. The number of hydrogen-bond acceptors (Lipinski definition) is 5. The van der Waals surface area contributed by atoms with Gasteiger partial charge in [-0.25, -0.2) is 4.79 Å². The quantitative estimate of drug-likeness (QED) is 0.720. The Balaban J connectivity index is 1.48. The van der Waals surface area contributed by atoms with Gasteiger partial charge in [-0.1, -0.05) is 18.1 Å². The Kier molecular flexibility index (Phi) is 4.68. The molecule has 0 spiro atoms. The van der Waals surface area contributed by atoms with Gasteiger partial charge in [0.25, 0.3) is 0 Å². The van der Waals surface area contributed by atoms with E-state index in [1.165, 1.54) is 4.90 Å². The van der Waals surface area contributed by atoms with E-state index in [1.807, 2.05) is 37.3 Å². The number of pyridine rings is 1. The summed E-state index contributed by atoms with van der Waals surface area (Å²) in [5.74, 6) is -0.486. The summed E-state index contributed by atoms with van der Waals surface area (Å²) in [7, 11) is 0. The van der Waals surface area contributed by atoms with Crippen LogP contribution < -0.4 is 5.32 Å². The van der Waals surface area contributed by atoms with Crippen LogP contribution in [0, 0.1) is 11.8 Å². The van der Waals surface area contributed by atoms with Crippen molar-refractivity contribution in [1.29, 1.82) is 0 Å². The molecule has 0 bridgehead atoms. The summed E-state index contributed by atoms with van der Waals surface area (Å²) in [6, 6.07) is 10.8. The molecule has 2 amide bonds. The number of carboxylic acid groups (broad SMARTS) is 1. The molecule has 1 aliphatic rings. The van der Waals surface area contributed by atoms with Crippen molar-refractivity contribution < 1.29 is 19.2 Å². The molecule has 8 heteroatoms. The second-order valence-corrected chi connectivity index (χ2v) is 7.20. The normalized spacial score (nSPS) is 19.5. The number of fused-ring (bicyclic) bond motifs is 1. The second-order valence-electron chi connectivity index (χ2n) is 7.20. The zero-order valence-electron chi connectivity index (χ0n) is 15.3. The van der Waals surface area contributed by atoms with E-state index < -0.39 is 11.9 Å². The highest BCUT2D eigenvalue weighted by atomic mass is 16.5. The lowest BCUT2D eigenvalue weighted by molar-refractivity contribution is -0.143. The van der Waals surface area contributed by atoms with Crippen LogP contribution in [0.2, 0.25) is 0 Å². The lowest BCUT2D eigenvalue weighted by Crippen LogP contribution is -2.47. The monoisotopic (exact) mass is 380 g/mol. The van der Waals surface area contributed by atoms with Gasteiger partial charge >= 0.3 is 12.0 Å². The highest BCUT2D eigenvalue weighted by molar-refractivity contribution is 5.90. The molecule has 0 aliphatic carbocycles. The van der Waals surface area contributed by atoms with E-state index >= 15 is 0 Å². The number of rotatable bonds is 3. The Morgan fingerprint density at radius 3 is 2.93 bits per heavy atom. The van der Waals surface area contributed by atoms with Gasteiger partial charge in [0, 0.05) is 36.3 Å². The average Bonchev–Trinajstić information content (AvgIpc) is 3.15. The minimum absolute atomic E-state index is 0.125. The van der Waals surface area contributed by atoms with Crippen molar-refractivity contribution in [3.8, 4) is 11.3 Å². The first-order valence-electron chi connectivity index (χ1n) is 9.10. The van der Waals surface area contributed by atoms with Crippen molar-refractivity contribution in [3.05, 3.63) is 42.6 Å². The van der Waals surface area contributed by atoms with Crippen LogP contribution >= 0.6 is 0 Å². The first-order chi connectivity index (χ1) is 13.5. The zero-order valence-corrected chi connectivity index (χ0v) is 15.3. The summed E-state index contributed by atoms with van der Waals surface area (Å²) in [4.78, 5) is 29.6. The van der Waals surface area contributed by atoms with Gasteiger partial charge in [0.15, 0.2) is 11.6 Å². The maximum atomic E-state index is 12.5. The van der Waals surface area contributed by atoms with Crippen molar-refractivity contribution in [2.45, 2.75) is 13.3 Å². The molecule has 1 saturated heterocycles. The van der Waals surface area contributed by atoms with E-state index in [1.54, 1.807) is 12.3 Å². The summed E-state index contributed by atoms with van der Waals surface area (Å²) in [6.07, 6.45) is 2.31. The third-order valence-corrected chi connectivity index (χ3v) is 4.93. The molecule has 1 fully saturated rings. The summed E-state index contributed by atoms with van der Waals surface area (Å²) < 4.78 is 5.37. The molecule has 144 valence electrons. The fourth-order valence-corrected chi connectivity index (χ4v) is 3.58. The molecule has 3 heterocycles. The number of aromatic nitrogens is 2. The lowest BCUT2D eigenvalue weighted by atomic mass is 9.91. The van der Waals surface area contributed by atoms with Gasteiger partial charge in [0.1, 0.15) is 0 Å². The molecule has 0 radical (unpaired) electrons. The first-order valence-corrected chi connectivity index (χ1v) is 9.10. The largest absolute Gasteiger partial charge is 0.481 e. The number of amides is 2. The smallest absolute Gasteiger partial charge is 0.323 e. The number of urea groups is 1. The van der Waals surface area contributed by atoms with Gasteiger partial charge in [-0.3, -0.25) is 15.1 Å². The van der Waals surface area contributed by atoms with Crippen LogP contribution in [0.4, 0.5) is 10.6 Å². The minimum Gasteiger partial charge on any atom is -0.481 e. The number of nitrogens with one attached hydrogen (secondary N) is 1. The molecule has 1 aliphatic heterocycles. The molecule has 2 atom stereocenters. The summed E-state index contributed by atoms with van der Waals surface area (Å²) in [5, 5.41) is 16.8. The minimum atomic E-state index is -0.876. The summed E-state index contributed by atoms with van der Waals surface area (Å²) >= 11 is 0. The molecule has 2 N–H and O–H groups in total. The number of piperidine rings is 1. The highest BCUT2D eigenvalue weighted by Gasteiger charge is 2.32. The van der Waals surface area contributed by atoms with Crippen LogP contribution in [-0.4, -0.2) is 45.2 Å². The van der Waals surface area contributed by atoms with Gasteiger partial charge in [-0.15, -0.1) is 0 Å². The Hall–Kier alpha value is -3.42. The fourth-order valence-electron chi connectivity index (χ4n) is 3.58. The SMILES string of the molecule is CC1CC(C(=O)O)CN(C(=O)Nc2cc(-c3ccc4ncccc4c3)on2)C1. The van der Waals surface area contributed by atoms with Crippen LogP contribution in [0.25, 0.3) is 22.2 Å². The Labute approximate surface area is 161 Å². The van der Waals surface area contributed by atoms with Crippen molar-refractivity contribution in [2.75, 3.05) is 18.4 Å². The number of likely N-dealkylation sites (tertiary alicyclic amines) is 1. The van der Waals surface area contributed by atoms with Crippen LogP contribution in [0.15, 0.2) is 47.1 Å². The van der Waals surface area contributed by atoms with Crippen molar-refractivity contribution in [3.63, 3.8) is 0 Å². The molecule has 8 nitrogen and oxygen atoms in total. The molecular weight excluding hydrogens is 360 g/mol. The van der Waals surface area contributed by atoms with E-state index in [-0.39, 0.29) is 24.3 Å². The van der Waals surface area contributed by atoms with E-state index in [9.17, 15) is 14.7 Å². The number of nitrogens with zero attached hydrogens (tertiary/aromatic N) is 3. The Bertz CT molecular complexity index is 1030. The van der Waals surface area contributed by atoms with Crippen LogP contribution in [0.1, 0.15) is 13.3 Å². The third kappa shape index (κ3) is 3.66. The predicted molar refractivity (Wildman–Crippen MR) is 103 cm³/mol. The second kappa shape index (κ2) is 7.30. The van der Waals surface area contributed by atoms with Gasteiger partial charge in [-0.05, 0) is 36.6 Å². The zero-order chi connectivity index (χ0) is 19.7. The highest BCUT2D eigenvalue weighted by Crippen LogP contribution is 2.26. The van der Waals surface area contributed by atoms with Gasteiger partial charge in [0.2, 0.25) is 0 Å². The number of hydrogen-bond donors (Lipinski definition) is 2. The van der Waals surface area contributed by atoms with Crippen LogP contribution in [-0.2, 0) is 4.79 Å². The molecule has 2 aromatic heterocycles. The fraction of sp³-hybridized carbons (Fsp3) is 0.300. The molecular formula is C20H20N4O4. The molecule has 4 rings (SSSR count). The van der Waals surface area contributed by atoms with E-state index in [0.717, 1.165) is 16.5 Å². The van der Waals surface area contributed by atoms with Crippen molar-refractivity contribution in [1.82, 2.24) is 15.0 Å². The number of anilines is 1. The van der Waals surface area contributed by atoms with Gasteiger partial charge in [-0.2, -0.15) is 0 Å². The van der Waals surface area contributed by atoms with Crippen LogP contribution in [0.3, 0.4) is 0 Å². The van der Waals surface area contributed by atoms with Crippen LogP contribution in [0.5, 0.6) is 0 Å². The van der Waals surface area contributed by atoms with Crippen molar-refractivity contribution >= 4 is 28.7 Å². The number of benzene rings is 1. The summed E-state index contributed by atoms with van der Waals surface area (Å²) in [6.45, 7) is 2.64. The number of carbonyl (C=O) groups is 2. The topological polar surface area (TPSA) is 109 Å². The number of carbonyl (C=O) groups excluding carboxylic acids is 1. The third-order valence-electron chi connectivity index (χ3n) is 4.93. The number of aliphatic carboxylic acids is 1. The predicted octanol–water partition coefficient (Wildman–Crippen LogP) is 3.46. The Morgan fingerprint density at radius 1 is 1.25 bits per heavy atom. The van der Waals surface area contributed by atoms with E-state index in [0.29, 0.717) is 18.7 Å². The Morgan fingerprint density at radius 2 is 2.11 bits per heavy atom. The van der Waals surface area contributed by atoms with Gasteiger partial charge < -0.3 is 14.5 Å². The average molecular weight is 380 g/mol. The van der Waals surface area contributed by atoms with E-state index in [4.69, 9.17) is 4.52 Å². The summed E-state index contributed by atoms with van der Waals surface area (Å²) in [5.41, 5.74) is 1.71.